The Bertz CT molecular complexity index is 1090. The van der Waals surface area contributed by atoms with Crippen LogP contribution in [0, 0.1) is 0 Å². The normalized spacial score (nSPS) is 14.8. The van der Waals surface area contributed by atoms with Crippen LogP contribution in [0.15, 0.2) is 60.7 Å². The molecule has 1 aliphatic rings. The second kappa shape index (κ2) is 15.6. The molecule has 1 fully saturated rings. The van der Waals surface area contributed by atoms with E-state index in [4.69, 9.17) is 25.2 Å². The van der Waals surface area contributed by atoms with E-state index in [1.807, 2.05) is 43.3 Å². The molecule has 11 heteroatoms. The molecule has 0 radical (unpaired) electrons. The zero-order valence-corrected chi connectivity index (χ0v) is 22.6. The largest absolute Gasteiger partial charge is 0.481 e. The number of esters is 1. The van der Waals surface area contributed by atoms with Gasteiger partial charge in [0.25, 0.3) is 0 Å². The van der Waals surface area contributed by atoms with Crippen LogP contribution in [-0.2, 0) is 29.3 Å². The Labute approximate surface area is 233 Å². The number of benzene rings is 2. The molecule has 1 aliphatic heterocycles. The van der Waals surface area contributed by atoms with E-state index in [1.165, 1.54) is 5.69 Å². The van der Waals surface area contributed by atoms with Crippen molar-refractivity contribution in [2.24, 2.45) is 0 Å². The van der Waals surface area contributed by atoms with Gasteiger partial charge in [0.2, 0.25) is 0 Å². The van der Waals surface area contributed by atoms with Gasteiger partial charge in [0.15, 0.2) is 5.60 Å². The molecule has 0 amide bonds. The molecule has 1 saturated heterocycles. The Morgan fingerprint density at radius 3 is 1.90 bits per heavy atom. The lowest BCUT2D eigenvalue weighted by molar-refractivity contribution is -0.170. The van der Waals surface area contributed by atoms with Crippen LogP contribution in [0.4, 0.5) is 5.69 Å². The Balaban J connectivity index is 0.000000366. The van der Waals surface area contributed by atoms with Crippen LogP contribution >= 0.6 is 0 Å². The van der Waals surface area contributed by atoms with Crippen LogP contribution in [-0.4, -0.2) is 87.6 Å². The van der Waals surface area contributed by atoms with E-state index in [9.17, 15) is 19.2 Å². The van der Waals surface area contributed by atoms with Gasteiger partial charge in [-0.2, -0.15) is 0 Å². The average molecular weight is 559 g/mol. The number of carbonyl (C=O) groups excluding carboxylic acids is 1. The van der Waals surface area contributed by atoms with Crippen molar-refractivity contribution < 1.29 is 44.3 Å². The molecule has 0 aromatic heterocycles. The predicted octanol–water partition coefficient (Wildman–Crippen LogP) is 2.84. The number of rotatable bonds is 13. The number of anilines is 1. The van der Waals surface area contributed by atoms with Gasteiger partial charge in [-0.25, -0.2) is 4.79 Å². The maximum Gasteiger partial charge on any atom is 0.336 e. The van der Waals surface area contributed by atoms with Crippen LogP contribution < -0.4 is 5.32 Å². The third kappa shape index (κ3) is 9.65. The van der Waals surface area contributed by atoms with Crippen LogP contribution in [0.5, 0.6) is 0 Å². The van der Waals surface area contributed by atoms with Crippen molar-refractivity contribution in [3.8, 4) is 0 Å². The number of carboxylic acids is 3. The van der Waals surface area contributed by atoms with Gasteiger partial charge in [-0.15, -0.1) is 0 Å². The van der Waals surface area contributed by atoms with E-state index in [0.29, 0.717) is 6.61 Å². The van der Waals surface area contributed by atoms with Crippen molar-refractivity contribution in [3.05, 3.63) is 66.2 Å². The van der Waals surface area contributed by atoms with Gasteiger partial charge in [-0.1, -0.05) is 48.5 Å². The van der Waals surface area contributed by atoms with Gasteiger partial charge in [0, 0.05) is 12.2 Å². The molecule has 11 nitrogen and oxygen atoms in total. The van der Waals surface area contributed by atoms with E-state index in [0.717, 1.165) is 51.0 Å². The molecule has 0 unspecified atom stereocenters. The molecule has 2 aromatic rings. The predicted molar refractivity (Wildman–Crippen MR) is 147 cm³/mol. The third-order valence-corrected chi connectivity index (χ3v) is 6.74. The number of nitrogens with zero attached hydrogens (tertiary/aromatic N) is 1. The van der Waals surface area contributed by atoms with Gasteiger partial charge in [0.1, 0.15) is 0 Å². The minimum atomic E-state index is -2.74. The highest BCUT2D eigenvalue weighted by Gasteiger charge is 2.44. The van der Waals surface area contributed by atoms with E-state index >= 15 is 0 Å². The minimum absolute atomic E-state index is 0.0680. The molecule has 0 atom stereocenters. The molecule has 0 aliphatic carbocycles. The number of carboxylic acid groups (broad SMARTS) is 3. The Morgan fingerprint density at radius 1 is 0.900 bits per heavy atom. The van der Waals surface area contributed by atoms with Crippen molar-refractivity contribution >= 4 is 29.6 Å². The first kappa shape index (κ1) is 32.3. The van der Waals surface area contributed by atoms with E-state index in [2.05, 4.69) is 34.5 Å². The Hall–Kier alpha value is -3.96. The van der Waals surface area contributed by atoms with Gasteiger partial charge in [0.05, 0.1) is 24.9 Å². The molecule has 2 aromatic carbocycles. The number of hydrogen-bond donors (Lipinski definition) is 5. The monoisotopic (exact) mass is 558 g/mol. The van der Waals surface area contributed by atoms with Crippen molar-refractivity contribution in [1.82, 2.24) is 4.90 Å². The lowest BCUT2D eigenvalue weighted by Crippen LogP contribution is -2.48. The quantitative estimate of drug-likeness (QED) is 0.181. The summed E-state index contributed by atoms with van der Waals surface area (Å²) < 4.78 is 5.45. The smallest absolute Gasteiger partial charge is 0.336 e. The van der Waals surface area contributed by atoms with Crippen molar-refractivity contribution in [3.63, 3.8) is 0 Å². The van der Waals surface area contributed by atoms with Crippen LogP contribution in [0.1, 0.15) is 44.6 Å². The standard InChI is InChI=1S/C23H30N2O2.C6H8O7/c1-2-27-22(26)23(20-10-5-3-6-11-20)14-18-25(19-15-23)17-9-16-24-21-12-7-4-8-13-21;7-3(8)1-6(13,5(11)12)2-4(9)10/h3-8,10-13,24H,2,9,14-19H2,1H3;13H,1-2H2,(H,7,8)(H,9,10)(H,11,12). The zero-order chi connectivity index (χ0) is 29.6. The molecule has 0 bridgehead atoms. The number of aliphatic carboxylic acids is 3. The first-order valence-electron chi connectivity index (χ1n) is 13.2. The van der Waals surface area contributed by atoms with Crippen molar-refractivity contribution in [2.45, 2.75) is 50.0 Å². The Kier molecular flexibility index (Phi) is 12.6. The SMILES string of the molecule is CCOC(=O)C1(c2ccccc2)CCN(CCCNc2ccccc2)CC1.O=C(O)CC(O)(CC(=O)O)C(=O)O. The number of aliphatic hydroxyl groups is 1. The second-order valence-corrected chi connectivity index (χ2v) is 9.63. The lowest BCUT2D eigenvalue weighted by atomic mass is 9.72. The number of ether oxygens (including phenoxy) is 1. The van der Waals surface area contributed by atoms with E-state index < -0.39 is 41.8 Å². The van der Waals surface area contributed by atoms with Crippen molar-refractivity contribution in [1.29, 1.82) is 0 Å². The molecule has 3 rings (SSSR count). The van der Waals surface area contributed by atoms with Crippen LogP contribution in [0.25, 0.3) is 0 Å². The number of piperidine rings is 1. The zero-order valence-electron chi connectivity index (χ0n) is 22.6. The molecule has 0 saturated carbocycles. The molecule has 40 heavy (non-hydrogen) atoms. The molecule has 218 valence electrons. The summed E-state index contributed by atoms with van der Waals surface area (Å²) in [6, 6.07) is 20.5. The molecule has 0 spiro atoms. The third-order valence-electron chi connectivity index (χ3n) is 6.74. The first-order chi connectivity index (χ1) is 19.0. The number of carbonyl (C=O) groups is 4. The number of hydrogen-bond acceptors (Lipinski definition) is 8. The molecule has 5 N–H and O–H groups in total. The summed E-state index contributed by atoms with van der Waals surface area (Å²) in [4.78, 5) is 45.7. The summed E-state index contributed by atoms with van der Waals surface area (Å²) >= 11 is 0. The van der Waals surface area contributed by atoms with Gasteiger partial charge < -0.3 is 35.4 Å². The molecular formula is C29H38N2O9. The minimum Gasteiger partial charge on any atom is -0.481 e. The maximum atomic E-state index is 12.8. The summed E-state index contributed by atoms with van der Waals surface area (Å²) in [7, 11) is 0. The van der Waals surface area contributed by atoms with Crippen LogP contribution in [0.2, 0.25) is 0 Å². The van der Waals surface area contributed by atoms with Crippen molar-refractivity contribution in [2.75, 3.05) is 38.1 Å². The Morgan fingerprint density at radius 2 is 1.43 bits per heavy atom. The fraction of sp³-hybridized carbons (Fsp3) is 0.448. The first-order valence-corrected chi connectivity index (χ1v) is 13.2. The lowest BCUT2D eigenvalue weighted by Gasteiger charge is -2.40. The molecular weight excluding hydrogens is 520 g/mol. The molecule has 1 heterocycles. The van der Waals surface area contributed by atoms with E-state index in [-0.39, 0.29) is 5.97 Å². The number of para-hydroxylation sites is 1. The fourth-order valence-electron chi connectivity index (χ4n) is 4.60. The van der Waals surface area contributed by atoms with Gasteiger partial charge in [-0.05, 0) is 63.5 Å². The highest BCUT2D eigenvalue weighted by molar-refractivity contribution is 5.88. The van der Waals surface area contributed by atoms with Gasteiger partial charge >= 0.3 is 23.9 Å². The summed E-state index contributed by atoms with van der Waals surface area (Å²) in [5, 5.41) is 37.3. The summed E-state index contributed by atoms with van der Waals surface area (Å²) in [5.41, 5.74) is -0.969. The summed E-state index contributed by atoms with van der Waals surface area (Å²) in [6.07, 6.45) is 0.444. The highest BCUT2D eigenvalue weighted by Crippen LogP contribution is 2.37. The summed E-state index contributed by atoms with van der Waals surface area (Å²) in [5.74, 6) is -5.09. The average Bonchev–Trinajstić information content (AvgIpc) is 2.92. The van der Waals surface area contributed by atoms with E-state index in [1.54, 1.807) is 0 Å². The number of nitrogens with one attached hydrogen (secondary N) is 1. The fourth-order valence-corrected chi connectivity index (χ4v) is 4.60. The highest BCUT2D eigenvalue weighted by atomic mass is 16.5. The summed E-state index contributed by atoms with van der Waals surface area (Å²) in [6.45, 7) is 6.18. The van der Waals surface area contributed by atoms with Gasteiger partial charge in [-0.3, -0.25) is 14.4 Å². The number of likely N-dealkylation sites (tertiary alicyclic amines) is 1. The van der Waals surface area contributed by atoms with Crippen LogP contribution in [0.3, 0.4) is 0 Å². The maximum absolute atomic E-state index is 12.8. The second-order valence-electron chi connectivity index (χ2n) is 9.63. The topological polar surface area (TPSA) is 174 Å².